The van der Waals surface area contributed by atoms with Gasteiger partial charge in [0, 0.05) is 23.5 Å². The Morgan fingerprint density at radius 2 is 2.22 bits per heavy atom. The van der Waals surface area contributed by atoms with Crippen LogP contribution in [0.4, 0.5) is 0 Å². The number of aromatic nitrogens is 1. The van der Waals surface area contributed by atoms with Crippen molar-refractivity contribution in [3.05, 3.63) is 64.5 Å². The molecule has 1 aromatic carbocycles. The molecule has 0 spiro atoms. The first-order chi connectivity index (χ1) is 11.2. The normalized spacial score (nSPS) is 13.8. The smallest absolute Gasteiger partial charge is 0.122 e. The highest BCUT2D eigenvalue weighted by Gasteiger charge is 2.14. The summed E-state index contributed by atoms with van der Waals surface area (Å²) in [5.74, 6) is 0.964. The number of nitrogens with one attached hydrogen (secondary N) is 1. The van der Waals surface area contributed by atoms with Crippen LogP contribution in [-0.4, -0.2) is 29.5 Å². The number of phenols is 1. The number of rotatable bonds is 4. The maximum absolute atomic E-state index is 9.69. The first-order valence-electron chi connectivity index (χ1n) is 7.13. The number of nitrogens with zero attached hydrogens (tertiary/aromatic N) is 2. The van der Waals surface area contributed by atoms with Crippen LogP contribution in [0.2, 0.25) is 5.02 Å². The largest absolute Gasteiger partial charge is 0.508 e. The predicted octanol–water partition coefficient (Wildman–Crippen LogP) is 2.93. The standard InChI is InChI=1S/C17H16ClN3O2/c1-23-17-3-2-13(22)8-12(17)6-11-7-16(21-20-9-11)14-4-5-19-10-15(14)18/h2-5,7-8,10,20,22H,6,9H2,1H3. The van der Waals surface area contributed by atoms with Crippen molar-refractivity contribution in [1.29, 1.82) is 0 Å². The molecule has 1 aliphatic heterocycles. The topological polar surface area (TPSA) is 66.7 Å². The van der Waals surface area contributed by atoms with Crippen LogP contribution in [0.5, 0.6) is 11.5 Å². The van der Waals surface area contributed by atoms with E-state index in [0.717, 1.165) is 28.2 Å². The molecule has 5 nitrogen and oxygen atoms in total. The summed E-state index contributed by atoms with van der Waals surface area (Å²) in [6.45, 7) is 0.630. The van der Waals surface area contributed by atoms with E-state index in [1.807, 2.05) is 12.1 Å². The lowest BCUT2D eigenvalue weighted by atomic mass is 10.00. The van der Waals surface area contributed by atoms with Crippen LogP contribution in [0.15, 0.2) is 53.4 Å². The lowest BCUT2D eigenvalue weighted by molar-refractivity contribution is 0.407. The molecule has 0 fully saturated rings. The number of methoxy groups -OCH3 is 1. The first kappa shape index (κ1) is 15.4. The summed E-state index contributed by atoms with van der Waals surface area (Å²) >= 11 is 6.18. The van der Waals surface area contributed by atoms with Gasteiger partial charge in [-0.15, -0.1) is 0 Å². The van der Waals surface area contributed by atoms with Crippen molar-refractivity contribution in [3.8, 4) is 11.5 Å². The van der Waals surface area contributed by atoms with Gasteiger partial charge in [-0.1, -0.05) is 11.6 Å². The zero-order chi connectivity index (χ0) is 16.2. The Morgan fingerprint density at radius 3 is 3.00 bits per heavy atom. The Balaban J connectivity index is 1.88. The second kappa shape index (κ2) is 6.71. The molecule has 0 unspecified atom stereocenters. The minimum Gasteiger partial charge on any atom is -0.508 e. The van der Waals surface area contributed by atoms with Crippen molar-refractivity contribution in [2.24, 2.45) is 5.10 Å². The minimum atomic E-state index is 0.219. The number of hydrogen-bond donors (Lipinski definition) is 2. The molecule has 2 aromatic rings. The second-order valence-electron chi connectivity index (χ2n) is 5.16. The molecular weight excluding hydrogens is 314 g/mol. The van der Waals surface area contributed by atoms with Crippen LogP contribution in [0, 0.1) is 0 Å². The lowest BCUT2D eigenvalue weighted by Gasteiger charge is -2.17. The van der Waals surface area contributed by atoms with Gasteiger partial charge < -0.3 is 15.3 Å². The van der Waals surface area contributed by atoms with Gasteiger partial charge in [0.15, 0.2) is 0 Å². The molecule has 0 bridgehead atoms. The van der Waals surface area contributed by atoms with E-state index in [-0.39, 0.29) is 5.75 Å². The number of halogens is 1. The van der Waals surface area contributed by atoms with E-state index in [1.54, 1.807) is 37.7 Å². The molecule has 118 valence electrons. The van der Waals surface area contributed by atoms with E-state index >= 15 is 0 Å². The van der Waals surface area contributed by atoms with Crippen LogP contribution in [-0.2, 0) is 6.42 Å². The number of phenolic OH excluding ortho intramolecular Hbond substituents is 1. The van der Waals surface area contributed by atoms with Gasteiger partial charge in [-0.2, -0.15) is 5.10 Å². The average Bonchev–Trinajstić information content (AvgIpc) is 2.56. The zero-order valence-corrected chi connectivity index (χ0v) is 13.3. The third kappa shape index (κ3) is 3.46. The van der Waals surface area contributed by atoms with E-state index in [0.29, 0.717) is 18.0 Å². The molecule has 1 aliphatic rings. The Labute approximate surface area is 139 Å². The summed E-state index contributed by atoms with van der Waals surface area (Å²) in [4.78, 5) is 3.99. The molecule has 0 aliphatic carbocycles. The van der Waals surface area contributed by atoms with Crippen LogP contribution in [0.3, 0.4) is 0 Å². The molecule has 0 saturated heterocycles. The van der Waals surface area contributed by atoms with Crippen molar-refractivity contribution in [2.75, 3.05) is 13.7 Å². The fourth-order valence-corrected chi connectivity index (χ4v) is 2.70. The van der Waals surface area contributed by atoms with Crippen molar-refractivity contribution < 1.29 is 9.84 Å². The van der Waals surface area contributed by atoms with E-state index < -0.39 is 0 Å². The van der Waals surface area contributed by atoms with Crippen molar-refractivity contribution in [1.82, 2.24) is 10.4 Å². The van der Waals surface area contributed by atoms with E-state index in [1.165, 1.54) is 0 Å². The molecule has 2 heterocycles. The maximum atomic E-state index is 9.69. The molecule has 6 heteroatoms. The van der Waals surface area contributed by atoms with Crippen molar-refractivity contribution in [3.63, 3.8) is 0 Å². The number of pyridine rings is 1. The van der Waals surface area contributed by atoms with E-state index in [4.69, 9.17) is 16.3 Å². The quantitative estimate of drug-likeness (QED) is 0.905. The molecule has 3 rings (SSSR count). The molecule has 1 aromatic heterocycles. The van der Waals surface area contributed by atoms with Crippen molar-refractivity contribution in [2.45, 2.75) is 6.42 Å². The number of allylic oxidation sites excluding steroid dienone is 1. The molecule has 2 N–H and O–H groups in total. The molecule has 0 atom stereocenters. The molecule has 23 heavy (non-hydrogen) atoms. The van der Waals surface area contributed by atoms with Gasteiger partial charge in [0.2, 0.25) is 0 Å². The fourth-order valence-electron chi connectivity index (χ4n) is 2.49. The maximum Gasteiger partial charge on any atom is 0.122 e. The third-order valence-corrected chi connectivity index (χ3v) is 3.88. The highest BCUT2D eigenvalue weighted by atomic mass is 35.5. The highest BCUT2D eigenvalue weighted by Crippen LogP contribution is 2.26. The number of benzene rings is 1. The van der Waals surface area contributed by atoms with Gasteiger partial charge in [0.25, 0.3) is 0 Å². The monoisotopic (exact) mass is 329 g/mol. The van der Waals surface area contributed by atoms with Crippen LogP contribution < -0.4 is 10.2 Å². The average molecular weight is 330 g/mol. The highest BCUT2D eigenvalue weighted by molar-refractivity contribution is 6.34. The molecule has 0 radical (unpaired) electrons. The zero-order valence-electron chi connectivity index (χ0n) is 12.6. The number of hydrazone groups is 1. The van der Waals surface area contributed by atoms with E-state index in [2.05, 4.69) is 15.5 Å². The van der Waals surface area contributed by atoms with Crippen LogP contribution in [0.25, 0.3) is 0 Å². The summed E-state index contributed by atoms with van der Waals surface area (Å²) in [6, 6.07) is 6.91. The molecule has 0 saturated carbocycles. The Kier molecular flexibility index (Phi) is 4.48. The fraction of sp³-hybridized carbons (Fsp3) is 0.176. The van der Waals surface area contributed by atoms with Crippen molar-refractivity contribution >= 4 is 17.3 Å². The van der Waals surface area contributed by atoms with Gasteiger partial charge in [0.05, 0.1) is 24.4 Å². The summed E-state index contributed by atoms with van der Waals surface area (Å²) in [5, 5.41) is 14.6. The third-order valence-electron chi connectivity index (χ3n) is 3.58. The van der Waals surface area contributed by atoms with Gasteiger partial charge in [0.1, 0.15) is 11.5 Å². The first-order valence-corrected chi connectivity index (χ1v) is 7.51. The Hall–Kier alpha value is -2.53. The summed E-state index contributed by atoms with van der Waals surface area (Å²) in [6.07, 6.45) is 5.93. The summed E-state index contributed by atoms with van der Waals surface area (Å²) in [7, 11) is 1.62. The SMILES string of the molecule is COc1ccc(O)cc1CC1=CC(c2ccncc2Cl)=NNC1. The second-order valence-corrected chi connectivity index (χ2v) is 5.57. The van der Waals surface area contributed by atoms with Gasteiger partial charge in [-0.3, -0.25) is 4.98 Å². The number of hydrogen-bond acceptors (Lipinski definition) is 5. The Morgan fingerprint density at radius 1 is 1.35 bits per heavy atom. The van der Waals surface area contributed by atoms with Crippen LogP contribution >= 0.6 is 11.6 Å². The lowest BCUT2D eigenvalue weighted by Crippen LogP contribution is -2.21. The Bertz CT molecular complexity index is 787. The van der Waals surface area contributed by atoms with Gasteiger partial charge in [-0.05, 0) is 42.3 Å². The summed E-state index contributed by atoms with van der Waals surface area (Å²) < 4.78 is 5.35. The van der Waals surface area contributed by atoms with Crippen LogP contribution in [0.1, 0.15) is 11.1 Å². The van der Waals surface area contributed by atoms with Gasteiger partial charge in [-0.25, -0.2) is 0 Å². The molecule has 0 amide bonds. The predicted molar refractivity (Wildman–Crippen MR) is 90.2 cm³/mol. The number of ether oxygens (including phenoxy) is 1. The minimum absolute atomic E-state index is 0.219. The molecular formula is C17H16ClN3O2. The van der Waals surface area contributed by atoms with E-state index in [9.17, 15) is 5.11 Å². The summed E-state index contributed by atoms with van der Waals surface area (Å²) in [5.41, 5.74) is 6.65. The van der Waals surface area contributed by atoms with Gasteiger partial charge >= 0.3 is 0 Å². The number of aromatic hydroxyl groups is 1.